The molecule has 1 aliphatic rings. The Morgan fingerprint density at radius 3 is 2.07 bits per heavy atom. The zero-order valence-corrected chi connectivity index (χ0v) is 9.28. The van der Waals surface area contributed by atoms with Crippen molar-refractivity contribution in [3.05, 3.63) is 33.8 Å². The van der Waals surface area contributed by atoms with Crippen molar-refractivity contribution in [1.29, 1.82) is 0 Å². The fourth-order valence-electron chi connectivity index (χ4n) is 2.16. The molecule has 76 valence electrons. The fourth-order valence-corrected chi connectivity index (χ4v) is 2.56. The molecule has 0 radical (unpaired) electrons. The predicted octanol–water partition coefficient (Wildman–Crippen LogP) is 4.38. The summed E-state index contributed by atoms with van der Waals surface area (Å²) in [4.78, 5) is 0. The second-order valence-electron chi connectivity index (χ2n) is 3.76. The molecule has 0 aromatic heterocycles. The van der Waals surface area contributed by atoms with Gasteiger partial charge in [0.05, 0.1) is 0 Å². The lowest BCUT2D eigenvalue weighted by atomic mass is 9.97. The molecule has 14 heavy (non-hydrogen) atoms. The molecule has 0 heterocycles. The van der Waals surface area contributed by atoms with E-state index in [2.05, 4.69) is 15.9 Å². The van der Waals surface area contributed by atoms with E-state index in [0.717, 1.165) is 25.7 Å². The van der Waals surface area contributed by atoms with Crippen molar-refractivity contribution in [3.8, 4) is 0 Å². The van der Waals surface area contributed by atoms with Crippen LogP contribution in [0.25, 0.3) is 0 Å². The van der Waals surface area contributed by atoms with Crippen LogP contribution in [0.4, 0.5) is 8.78 Å². The van der Waals surface area contributed by atoms with Crippen LogP contribution in [0, 0.1) is 11.6 Å². The summed E-state index contributed by atoms with van der Waals surface area (Å²) in [6, 6.07) is 2.69. The fraction of sp³-hybridized carbons (Fsp3) is 0.455. The summed E-state index contributed by atoms with van der Waals surface area (Å²) in [6.45, 7) is 0. The molecule has 1 aromatic rings. The third kappa shape index (κ3) is 1.83. The molecule has 1 aliphatic carbocycles. The van der Waals surface area contributed by atoms with Gasteiger partial charge in [0.25, 0.3) is 0 Å². The standard InChI is InChI=1S/C11H11BrF2/c12-8-5-9(13)11(10(14)6-8)7-3-1-2-4-7/h5-7H,1-4H2. The maximum Gasteiger partial charge on any atom is 0.130 e. The van der Waals surface area contributed by atoms with Crippen molar-refractivity contribution in [2.24, 2.45) is 0 Å². The lowest BCUT2D eigenvalue weighted by molar-refractivity contribution is 0.523. The van der Waals surface area contributed by atoms with E-state index in [9.17, 15) is 8.78 Å². The van der Waals surface area contributed by atoms with Gasteiger partial charge in [-0.15, -0.1) is 0 Å². The van der Waals surface area contributed by atoms with Crippen molar-refractivity contribution >= 4 is 15.9 Å². The van der Waals surface area contributed by atoms with Gasteiger partial charge in [0.1, 0.15) is 11.6 Å². The van der Waals surface area contributed by atoms with Gasteiger partial charge >= 0.3 is 0 Å². The highest BCUT2D eigenvalue weighted by Gasteiger charge is 2.23. The van der Waals surface area contributed by atoms with Gasteiger partial charge in [0.15, 0.2) is 0 Å². The van der Waals surface area contributed by atoms with E-state index in [-0.39, 0.29) is 11.5 Å². The largest absolute Gasteiger partial charge is 0.207 e. The molecule has 2 rings (SSSR count). The third-order valence-corrected chi connectivity index (χ3v) is 3.27. The molecule has 0 spiro atoms. The SMILES string of the molecule is Fc1cc(Br)cc(F)c1C1CCCC1. The predicted molar refractivity (Wildman–Crippen MR) is 55.3 cm³/mol. The summed E-state index contributed by atoms with van der Waals surface area (Å²) < 4.78 is 27.5. The van der Waals surface area contributed by atoms with E-state index in [0.29, 0.717) is 4.47 Å². The Morgan fingerprint density at radius 2 is 1.57 bits per heavy atom. The minimum absolute atomic E-state index is 0.0862. The molecule has 0 atom stereocenters. The van der Waals surface area contributed by atoms with Crippen LogP contribution in [0.3, 0.4) is 0 Å². The van der Waals surface area contributed by atoms with Crippen molar-refractivity contribution < 1.29 is 8.78 Å². The zero-order valence-electron chi connectivity index (χ0n) is 7.69. The minimum atomic E-state index is -0.413. The Balaban J connectivity index is 2.40. The molecule has 0 amide bonds. The van der Waals surface area contributed by atoms with Gasteiger partial charge in [0, 0.05) is 10.0 Å². The van der Waals surface area contributed by atoms with Crippen LogP contribution in [0.15, 0.2) is 16.6 Å². The number of hydrogen-bond donors (Lipinski definition) is 0. The summed E-state index contributed by atoms with van der Waals surface area (Å²) in [7, 11) is 0. The number of halogens is 3. The molecule has 0 nitrogen and oxygen atoms in total. The van der Waals surface area contributed by atoms with Crippen LogP contribution in [0.1, 0.15) is 37.2 Å². The first-order valence-electron chi connectivity index (χ1n) is 4.83. The van der Waals surface area contributed by atoms with Gasteiger partial charge in [-0.05, 0) is 30.9 Å². The van der Waals surface area contributed by atoms with Crippen molar-refractivity contribution in [3.63, 3.8) is 0 Å². The topological polar surface area (TPSA) is 0 Å². The van der Waals surface area contributed by atoms with Crippen LogP contribution in [0.5, 0.6) is 0 Å². The van der Waals surface area contributed by atoms with Crippen LogP contribution in [-0.2, 0) is 0 Å². The monoisotopic (exact) mass is 260 g/mol. The highest BCUT2D eigenvalue weighted by molar-refractivity contribution is 9.10. The number of rotatable bonds is 1. The van der Waals surface area contributed by atoms with Crippen LogP contribution < -0.4 is 0 Å². The molecule has 1 fully saturated rings. The van der Waals surface area contributed by atoms with Gasteiger partial charge in [-0.1, -0.05) is 28.8 Å². The zero-order chi connectivity index (χ0) is 10.1. The summed E-state index contributed by atoms with van der Waals surface area (Å²) >= 11 is 3.08. The molecule has 0 aliphatic heterocycles. The summed E-state index contributed by atoms with van der Waals surface area (Å²) in [5.74, 6) is -0.740. The Kier molecular flexibility index (Phi) is 2.86. The maximum absolute atomic E-state index is 13.5. The van der Waals surface area contributed by atoms with E-state index in [1.54, 1.807) is 0 Å². The lowest BCUT2D eigenvalue weighted by Gasteiger charge is -2.12. The molecule has 1 saturated carbocycles. The van der Waals surface area contributed by atoms with E-state index in [1.807, 2.05) is 0 Å². The third-order valence-electron chi connectivity index (χ3n) is 2.81. The van der Waals surface area contributed by atoms with Crippen LogP contribution in [0.2, 0.25) is 0 Å². The average Bonchev–Trinajstić information content (AvgIpc) is 2.54. The van der Waals surface area contributed by atoms with Gasteiger partial charge < -0.3 is 0 Å². The highest BCUT2D eigenvalue weighted by atomic mass is 79.9. The second-order valence-corrected chi connectivity index (χ2v) is 4.68. The molecule has 3 heteroatoms. The van der Waals surface area contributed by atoms with E-state index >= 15 is 0 Å². The molecule has 0 saturated heterocycles. The van der Waals surface area contributed by atoms with Crippen molar-refractivity contribution in [2.45, 2.75) is 31.6 Å². The Labute approximate surface area is 90.4 Å². The minimum Gasteiger partial charge on any atom is -0.207 e. The molecule has 0 N–H and O–H groups in total. The average molecular weight is 261 g/mol. The first-order chi connectivity index (χ1) is 6.68. The first-order valence-corrected chi connectivity index (χ1v) is 5.62. The molecular weight excluding hydrogens is 250 g/mol. The quantitative estimate of drug-likeness (QED) is 0.703. The van der Waals surface area contributed by atoms with Crippen molar-refractivity contribution in [1.82, 2.24) is 0 Å². The second kappa shape index (κ2) is 3.97. The van der Waals surface area contributed by atoms with Gasteiger partial charge in [-0.2, -0.15) is 0 Å². The van der Waals surface area contributed by atoms with Crippen LogP contribution >= 0.6 is 15.9 Å². The Bertz CT molecular complexity index is 320. The summed E-state index contributed by atoms with van der Waals surface area (Å²) in [6.07, 6.45) is 3.99. The molecule has 1 aromatic carbocycles. The highest BCUT2D eigenvalue weighted by Crippen LogP contribution is 2.37. The Hall–Kier alpha value is -0.440. The Morgan fingerprint density at radius 1 is 1.07 bits per heavy atom. The number of benzene rings is 1. The number of hydrogen-bond acceptors (Lipinski definition) is 0. The summed E-state index contributed by atoms with van der Waals surface area (Å²) in [5.41, 5.74) is 0.283. The smallest absolute Gasteiger partial charge is 0.130 e. The van der Waals surface area contributed by atoms with E-state index in [4.69, 9.17) is 0 Å². The molecule has 0 bridgehead atoms. The molecule has 0 unspecified atom stereocenters. The van der Waals surface area contributed by atoms with E-state index in [1.165, 1.54) is 12.1 Å². The van der Waals surface area contributed by atoms with Gasteiger partial charge in [-0.3, -0.25) is 0 Å². The molecular formula is C11H11BrF2. The van der Waals surface area contributed by atoms with Crippen LogP contribution in [-0.4, -0.2) is 0 Å². The van der Waals surface area contributed by atoms with Gasteiger partial charge in [0.2, 0.25) is 0 Å². The first kappa shape index (κ1) is 10.1. The maximum atomic E-state index is 13.5. The van der Waals surface area contributed by atoms with E-state index < -0.39 is 11.6 Å². The van der Waals surface area contributed by atoms with Crippen molar-refractivity contribution in [2.75, 3.05) is 0 Å². The normalized spacial score (nSPS) is 17.6. The van der Waals surface area contributed by atoms with Gasteiger partial charge in [-0.25, -0.2) is 8.78 Å². The lowest BCUT2D eigenvalue weighted by Crippen LogP contribution is -2.01. The summed E-state index contributed by atoms with van der Waals surface area (Å²) in [5, 5.41) is 0.